The Morgan fingerprint density at radius 1 is 1.28 bits per heavy atom. The molecule has 0 bridgehead atoms. The van der Waals surface area contributed by atoms with Crippen LogP contribution in [0, 0.1) is 0 Å². The van der Waals surface area contributed by atoms with Gasteiger partial charge in [-0.15, -0.1) is 0 Å². The number of hydrogen-bond donors (Lipinski definition) is 1. The Bertz CT molecular complexity index is 540. The van der Waals surface area contributed by atoms with Gasteiger partial charge < -0.3 is 10.3 Å². The largest absolute Gasteiger partial charge is 0.327 e. The molecule has 0 amide bonds. The minimum Gasteiger partial charge on any atom is -0.327 e. The van der Waals surface area contributed by atoms with Gasteiger partial charge in [-0.3, -0.25) is 0 Å². The maximum atomic E-state index is 6.15. The van der Waals surface area contributed by atoms with Gasteiger partial charge in [0.15, 0.2) is 0 Å². The van der Waals surface area contributed by atoms with E-state index in [0.29, 0.717) is 5.92 Å². The van der Waals surface area contributed by atoms with Crippen molar-refractivity contribution < 1.29 is 0 Å². The zero-order valence-electron chi connectivity index (χ0n) is 11.8. The molecule has 2 N–H and O–H groups in total. The molecule has 3 heteroatoms. The van der Waals surface area contributed by atoms with Gasteiger partial charge in [-0.25, -0.2) is 4.98 Å². The van der Waals surface area contributed by atoms with Crippen molar-refractivity contribution in [2.45, 2.75) is 52.6 Å². The highest BCUT2D eigenvalue weighted by atomic mass is 15.1. The first kappa shape index (κ1) is 13.1. The second-order valence-corrected chi connectivity index (χ2v) is 5.13. The van der Waals surface area contributed by atoms with E-state index in [1.807, 2.05) is 0 Å². The summed E-state index contributed by atoms with van der Waals surface area (Å²) in [6.45, 7) is 9.57. The van der Waals surface area contributed by atoms with Crippen LogP contribution in [0.25, 0.3) is 11.0 Å². The Morgan fingerprint density at radius 3 is 2.56 bits per heavy atom. The normalized spacial score (nSPS) is 13.4. The molecule has 0 aliphatic rings. The zero-order chi connectivity index (χ0) is 13.3. The van der Waals surface area contributed by atoms with Crippen molar-refractivity contribution in [1.29, 1.82) is 0 Å². The standard InChI is InChI=1S/C15H23N3/c1-5-12(16)15-17-13-9-11(10(3)4)7-8-14(13)18(15)6-2/h7-10,12H,5-6,16H2,1-4H3. The van der Waals surface area contributed by atoms with Crippen LogP contribution in [-0.4, -0.2) is 9.55 Å². The molecule has 0 radical (unpaired) electrons. The lowest BCUT2D eigenvalue weighted by atomic mass is 10.0. The molecule has 1 aromatic carbocycles. The zero-order valence-corrected chi connectivity index (χ0v) is 11.8. The Morgan fingerprint density at radius 2 is 2.00 bits per heavy atom. The van der Waals surface area contributed by atoms with E-state index in [-0.39, 0.29) is 6.04 Å². The summed E-state index contributed by atoms with van der Waals surface area (Å²) in [4.78, 5) is 4.74. The third-order valence-corrected chi connectivity index (χ3v) is 3.56. The summed E-state index contributed by atoms with van der Waals surface area (Å²) in [5.41, 5.74) is 9.75. The summed E-state index contributed by atoms with van der Waals surface area (Å²) in [5, 5.41) is 0. The Kier molecular flexibility index (Phi) is 3.71. The second-order valence-electron chi connectivity index (χ2n) is 5.13. The molecule has 0 aliphatic heterocycles. The maximum Gasteiger partial charge on any atom is 0.126 e. The highest BCUT2D eigenvalue weighted by molar-refractivity contribution is 5.77. The molecule has 1 heterocycles. The molecule has 0 fully saturated rings. The second kappa shape index (κ2) is 5.11. The van der Waals surface area contributed by atoms with Crippen LogP contribution >= 0.6 is 0 Å². The van der Waals surface area contributed by atoms with Crippen LogP contribution in [0.15, 0.2) is 18.2 Å². The van der Waals surface area contributed by atoms with Crippen molar-refractivity contribution in [3.8, 4) is 0 Å². The van der Waals surface area contributed by atoms with Crippen molar-refractivity contribution in [2.75, 3.05) is 0 Å². The molecule has 98 valence electrons. The minimum absolute atomic E-state index is 0.0276. The van der Waals surface area contributed by atoms with Crippen LogP contribution in [0.5, 0.6) is 0 Å². The molecule has 0 spiro atoms. The lowest BCUT2D eigenvalue weighted by Gasteiger charge is -2.11. The number of aromatic nitrogens is 2. The SMILES string of the molecule is CCC(N)c1nc2cc(C(C)C)ccc2n1CC. The van der Waals surface area contributed by atoms with Crippen LogP contribution in [-0.2, 0) is 6.54 Å². The fraction of sp³-hybridized carbons (Fsp3) is 0.533. The van der Waals surface area contributed by atoms with Crippen molar-refractivity contribution in [1.82, 2.24) is 9.55 Å². The van der Waals surface area contributed by atoms with E-state index in [2.05, 4.69) is 50.5 Å². The summed E-state index contributed by atoms with van der Waals surface area (Å²) in [6.07, 6.45) is 0.917. The van der Waals surface area contributed by atoms with Gasteiger partial charge in [0.1, 0.15) is 5.82 Å². The lowest BCUT2D eigenvalue weighted by molar-refractivity contribution is 0.597. The number of imidazole rings is 1. The smallest absolute Gasteiger partial charge is 0.126 e. The van der Waals surface area contributed by atoms with E-state index in [1.165, 1.54) is 11.1 Å². The van der Waals surface area contributed by atoms with Gasteiger partial charge in [0.25, 0.3) is 0 Å². The monoisotopic (exact) mass is 245 g/mol. The number of rotatable bonds is 4. The maximum absolute atomic E-state index is 6.15. The minimum atomic E-state index is 0.0276. The summed E-state index contributed by atoms with van der Waals surface area (Å²) in [5.74, 6) is 1.54. The highest BCUT2D eigenvalue weighted by Gasteiger charge is 2.15. The van der Waals surface area contributed by atoms with Crippen LogP contribution in [0.4, 0.5) is 0 Å². The van der Waals surface area contributed by atoms with Crippen LogP contribution < -0.4 is 5.73 Å². The number of hydrogen-bond acceptors (Lipinski definition) is 2. The van der Waals surface area contributed by atoms with Crippen molar-refractivity contribution >= 4 is 11.0 Å². The molecular weight excluding hydrogens is 222 g/mol. The first-order valence-corrected chi connectivity index (χ1v) is 6.84. The average molecular weight is 245 g/mol. The van der Waals surface area contributed by atoms with E-state index in [9.17, 15) is 0 Å². The molecular formula is C15H23N3. The molecule has 0 saturated heterocycles. The van der Waals surface area contributed by atoms with Gasteiger partial charge in [-0.2, -0.15) is 0 Å². The van der Waals surface area contributed by atoms with E-state index in [4.69, 9.17) is 10.7 Å². The fourth-order valence-electron chi connectivity index (χ4n) is 2.32. The number of aryl methyl sites for hydroxylation is 1. The molecule has 0 saturated carbocycles. The molecule has 3 nitrogen and oxygen atoms in total. The molecule has 1 aromatic heterocycles. The van der Waals surface area contributed by atoms with Gasteiger partial charge in [0.2, 0.25) is 0 Å². The third-order valence-electron chi connectivity index (χ3n) is 3.56. The predicted molar refractivity (Wildman–Crippen MR) is 76.7 cm³/mol. The molecule has 1 atom stereocenters. The highest BCUT2D eigenvalue weighted by Crippen LogP contribution is 2.25. The van der Waals surface area contributed by atoms with E-state index in [0.717, 1.165) is 24.3 Å². The first-order valence-electron chi connectivity index (χ1n) is 6.84. The Hall–Kier alpha value is -1.35. The number of fused-ring (bicyclic) bond motifs is 1. The number of nitrogens with zero attached hydrogens (tertiary/aromatic N) is 2. The number of benzene rings is 1. The lowest BCUT2D eigenvalue weighted by Crippen LogP contribution is -2.15. The molecule has 0 aliphatic carbocycles. The van der Waals surface area contributed by atoms with Gasteiger partial charge >= 0.3 is 0 Å². The predicted octanol–water partition coefficient (Wildman–Crippen LogP) is 3.59. The summed E-state index contributed by atoms with van der Waals surface area (Å²) < 4.78 is 2.23. The topological polar surface area (TPSA) is 43.8 Å². The van der Waals surface area contributed by atoms with Gasteiger partial charge in [-0.05, 0) is 37.0 Å². The van der Waals surface area contributed by atoms with Crippen molar-refractivity contribution in [3.05, 3.63) is 29.6 Å². The molecule has 1 unspecified atom stereocenters. The van der Waals surface area contributed by atoms with Crippen LogP contribution in [0.2, 0.25) is 0 Å². The summed E-state index contributed by atoms with van der Waals surface area (Å²) in [7, 11) is 0. The van der Waals surface area contributed by atoms with Gasteiger partial charge in [0.05, 0.1) is 17.1 Å². The third kappa shape index (κ3) is 2.15. The quantitative estimate of drug-likeness (QED) is 0.894. The van der Waals surface area contributed by atoms with Gasteiger partial charge in [0, 0.05) is 6.54 Å². The first-order chi connectivity index (χ1) is 8.58. The van der Waals surface area contributed by atoms with E-state index in [1.54, 1.807) is 0 Å². The molecule has 2 aromatic rings. The van der Waals surface area contributed by atoms with Crippen molar-refractivity contribution in [2.24, 2.45) is 5.73 Å². The van der Waals surface area contributed by atoms with Crippen molar-refractivity contribution in [3.63, 3.8) is 0 Å². The van der Waals surface area contributed by atoms with Gasteiger partial charge in [-0.1, -0.05) is 26.8 Å². The molecule has 18 heavy (non-hydrogen) atoms. The van der Waals surface area contributed by atoms with E-state index >= 15 is 0 Å². The molecule has 2 rings (SSSR count). The van der Waals surface area contributed by atoms with E-state index < -0.39 is 0 Å². The number of nitrogens with two attached hydrogens (primary N) is 1. The van der Waals surface area contributed by atoms with Crippen LogP contribution in [0.3, 0.4) is 0 Å². The fourth-order valence-corrected chi connectivity index (χ4v) is 2.32. The summed E-state index contributed by atoms with van der Waals surface area (Å²) >= 11 is 0. The average Bonchev–Trinajstić information content (AvgIpc) is 2.74. The Labute approximate surface area is 109 Å². The van der Waals surface area contributed by atoms with Crippen LogP contribution in [0.1, 0.15) is 57.5 Å². The Balaban J connectivity index is 2.60. The summed E-state index contributed by atoms with van der Waals surface area (Å²) in [6, 6.07) is 6.59.